The summed E-state index contributed by atoms with van der Waals surface area (Å²) in [6.07, 6.45) is 0. The normalized spacial score (nSPS) is 10.2. The van der Waals surface area contributed by atoms with E-state index in [-0.39, 0.29) is 5.91 Å². The summed E-state index contributed by atoms with van der Waals surface area (Å²) >= 11 is 1.58. The molecule has 2 N–H and O–H groups in total. The van der Waals surface area contributed by atoms with Crippen LogP contribution in [0.3, 0.4) is 0 Å². The number of thioether (sulfide) groups is 1. The van der Waals surface area contributed by atoms with Crippen molar-refractivity contribution in [3.05, 3.63) is 41.7 Å². The predicted molar refractivity (Wildman–Crippen MR) is 68.6 cm³/mol. The third-order valence-corrected chi connectivity index (χ3v) is 3.18. The molecule has 0 aliphatic heterocycles. The van der Waals surface area contributed by atoms with Crippen molar-refractivity contribution in [3.63, 3.8) is 0 Å². The van der Waals surface area contributed by atoms with E-state index in [1.807, 2.05) is 30.3 Å². The Morgan fingerprint density at radius 1 is 1.33 bits per heavy atom. The number of benzene rings is 1. The van der Waals surface area contributed by atoms with Crippen LogP contribution in [-0.2, 0) is 17.1 Å². The van der Waals surface area contributed by atoms with Crippen LogP contribution >= 0.6 is 11.8 Å². The fourth-order valence-corrected chi connectivity index (χ4v) is 2.14. The third kappa shape index (κ3) is 4.17. The molecule has 18 heavy (non-hydrogen) atoms. The number of aromatic nitrogens is 4. The molecular formula is C11H13N5OS. The van der Waals surface area contributed by atoms with Gasteiger partial charge in [-0.2, -0.15) is 5.21 Å². The topological polar surface area (TPSA) is 83.6 Å². The smallest absolute Gasteiger partial charge is 0.230 e. The zero-order chi connectivity index (χ0) is 12.6. The second-order valence-electron chi connectivity index (χ2n) is 3.58. The predicted octanol–water partition coefficient (Wildman–Crippen LogP) is 0.749. The van der Waals surface area contributed by atoms with Crippen LogP contribution in [0.1, 0.15) is 11.4 Å². The molecule has 0 spiro atoms. The summed E-state index contributed by atoms with van der Waals surface area (Å²) in [5.41, 5.74) is 1.22. The minimum atomic E-state index is -0.0271. The number of nitrogens with one attached hydrogen (secondary N) is 2. The molecule has 0 radical (unpaired) electrons. The Morgan fingerprint density at radius 2 is 2.17 bits per heavy atom. The van der Waals surface area contributed by atoms with E-state index < -0.39 is 0 Å². The number of rotatable bonds is 6. The van der Waals surface area contributed by atoms with Crippen LogP contribution in [0.25, 0.3) is 0 Å². The minimum absolute atomic E-state index is 0.0271. The van der Waals surface area contributed by atoms with Gasteiger partial charge < -0.3 is 5.32 Å². The van der Waals surface area contributed by atoms with Gasteiger partial charge in [-0.3, -0.25) is 4.79 Å². The van der Waals surface area contributed by atoms with E-state index in [1.54, 1.807) is 11.8 Å². The summed E-state index contributed by atoms with van der Waals surface area (Å²) in [4.78, 5) is 11.5. The van der Waals surface area contributed by atoms with Gasteiger partial charge in [0.2, 0.25) is 5.91 Å². The highest BCUT2D eigenvalue weighted by Crippen LogP contribution is 2.10. The molecule has 0 saturated carbocycles. The van der Waals surface area contributed by atoms with Crippen LogP contribution in [0, 0.1) is 0 Å². The van der Waals surface area contributed by atoms with Gasteiger partial charge in [0.1, 0.15) is 0 Å². The van der Waals surface area contributed by atoms with Crippen molar-refractivity contribution >= 4 is 17.7 Å². The van der Waals surface area contributed by atoms with E-state index >= 15 is 0 Å². The van der Waals surface area contributed by atoms with Gasteiger partial charge in [-0.05, 0) is 5.56 Å². The lowest BCUT2D eigenvalue weighted by molar-refractivity contribution is -0.118. The number of carbonyl (C=O) groups is 1. The lowest BCUT2D eigenvalue weighted by Crippen LogP contribution is -2.25. The van der Waals surface area contributed by atoms with E-state index in [4.69, 9.17) is 0 Å². The molecule has 0 aliphatic carbocycles. The molecule has 0 saturated heterocycles. The van der Waals surface area contributed by atoms with Crippen LogP contribution in [0.5, 0.6) is 0 Å². The number of amides is 1. The molecular weight excluding hydrogens is 250 g/mol. The van der Waals surface area contributed by atoms with E-state index in [0.29, 0.717) is 18.1 Å². The van der Waals surface area contributed by atoms with Gasteiger partial charge >= 0.3 is 0 Å². The first-order valence-electron chi connectivity index (χ1n) is 5.45. The second-order valence-corrected chi connectivity index (χ2v) is 4.57. The number of hydrogen-bond acceptors (Lipinski definition) is 5. The first-order chi connectivity index (χ1) is 8.84. The van der Waals surface area contributed by atoms with Crippen molar-refractivity contribution in [2.45, 2.75) is 12.3 Å². The summed E-state index contributed by atoms with van der Waals surface area (Å²) in [5, 5.41) is 16.0. The standard InChI is InChI=1S/C11H13N5OS/c17-11(12-6-10-13-15-16-14-10)8-18-7-9-4-2-1-3-5-9/h1-5H,6-8H2,(H,12,17)(H,13,14,15,16). The van der Waals surface area contributed by atoms with Crippen molar-refractivity contribution < 1.29 is 4.79 Å². The van der Waals surface area contributed by atoms with Crippen LogP contribution in [0.4, 0.5) is 0 Å². The number of aromatic amines is 1. The zero-order valence-electron chi connectivity index (χ0n) is 9.67. The fraction of sp³-hybridized carbons (Fsp3) is 0.273. The van der Waals surface area contributed by atoms with Crippen LogP contribution in [0.15, 0.2) is 30.3 Å². The van der Waals surface area contributed by atoms with Crippen molar-refractivity contribution in [1.29, 1.82) is 0 Å². The molecule has 0 aliphatic rings. The molecule has 2 rings (SSSR count). The molecule has 0 unspecified atom stereocenters. The number of H-pyrrole nitrogens is 1. The Bertz CT molecular complexity index is 473. The maximum atomic E-state index is 11.5. The Morgan fingerprint density at radius 3 is 2.89 bits per heavy atom. The molecule has 94 valence electrons. The van der Waals surface area contributed by atoms with Crippen LogP contribution in [0.2, 0.25) is 0 Å². The molecule has 2 aromatic rings. The van der Waals surface area contributed by atoms with E-state index in [1.165, 1.54) is 5.56 Å². The summed E-state index contributed by atoms with van der Waals surface area (Å²) < 4.78 is 0. The molecule has 0 bridgehead atoms. The quantitative estimate of drug-likeness (QED) is 0.803. The highest BCUT2D eigenvalue weighted by molar-refractivity contribution is 7.99. The van der Waals surface area contributed by atoms with Crippen molar-refractivity contribution in [2.24, 2.45) is 0 Å². The Kier molecular flexibility index (Phi) is 4.71. The molecule has 7 heteroatoms. The Hall–Kier alpha value is -1.89. The van der Waals surface area contributed by atoms with Gasteiger partial charge in [-0.25, -0.2) is 0 Å². The average molecular weight is 263 g/mol. The second kappa shape index (κ2) is 6.75. The maximum Gasteiger partial charge on any atom is 0.230 e. The highest BCUT2D eigenvalue weighted by atomic mass is 32.2. The van der Waals surface area contributed by atoms with E-state index in [0.717, 1.165) is 5.75 Å². The van der Waals surface area contributed by atoms with Crippen molar-refractivity contribution in [1.82, 2.24) is 25.9 Å². The largest absolute Gasteiger partial charge is 0.348 e. The van der Waals surface area contributed by atoms with Gasteiger partial charge in [0.25, 0.3) is 0 Å². The van der Waals surface area contributed by atoms with Gasteiger partial charge in [0.15, 0.2) is 5.82 Å². The third-order valence-electron chi connectivity index (χ3n) is 2.18. The van der Waals surface area contributed by atoms with Crippen molar-refractivity contribution in [2.75, 3.05) is 5.75 Å². The molecule has 1 aromatic carbocycles. The molecule has 1 aromatic heterocycles. The first kappa shape index (κ1) is 12.6. The van der Waals surface area contributed by atoms with Crippen molar-refractivity contribution in [3.8, 4) is 0 Å². The van der Waals surface area contributed by atoms with Gasteiger partial charge in [0, 0.05) is 5.75 Å². The number of carbonyl (C=O) groups excluding carboxylic acids is 1. The van der Waals surface area contributed by atoms with Crippen LogP contribution < -0.4 is 5.32 Å². The van der Waals surface area contributed by atoms with Gasteiger partial charge in [-0.1, -0.05) is 35.5 Å². The van der Waals surface area contributed by atoms with E-state index in [9.17, 15) is 4.79 Å². The van der Waals surface area contributed by atoms with Gasteiger partial charge in [0.05, 0.1) is 12.3 Å². The van der Waals surface area contributed by atoms with Crippen LogP contribution in [-0.4, -0.2) is 32.3 Å². The maximum absolute atomic E-state index is 11.5. The molecule has 1 heterocycles. The first-order valence-corrected chi connectivity index (χ1v) is 6.61. The highest BCUT2D eigenvalue weighted by Gasteiger charge is 2.04. The summed E-state index contributed by atoms with van der Waals surface area (Å²) in [6, 6.07) is 10.1. The number of nitrogens with zero attached hydrogens (tertiary/aromatic N) is 3. The minimum Gasteiger partial charge on any atom is -0.348 e. The summed E-state index contributed by atoms with van der Waals surface area (Å²) in [5.74, 6) is 1.71. The fourth-order valence-electron chi connectivity index (χ4n) is 1.32. The Balaban J connectivity index is 1.63. The van der Waals surface area contributed by atoms with Gasteiger partial charge in [-0.15, -0.1) is 22.0 Å². The molecule has 6 nitrogen and oxygen atoms in total. The van der Waals surface area contributed by atoms with E-state index in [2.05, 4.69) is 25.9 Å². The SMILES string of the molecule is O=C(CSCc1ccccc1)NCc1nn[nH]n1. The zero-order valence-corrected chi connectivity index (χ0v) is 10.5. The Labute approximate surface area is 109 Å². The average Bonchev–Trinajstić information content (AvgIpc) is 2.91. The number of hydrogen-bond donors (Lipinski definition) is 2. The molecule has 1 amide bonds. The molecule has 0 atom stereocenters. The lowest BCUT2D eigenvalue weighted by atomic mass is 10.2. The summed E-state index contributed by atoms with van der Waals surface area (Å²) in [7, 11) is 0. The monoisotopic (exact) mass is 263 g/mol. The summed E-state index contributed by atoms with van der Waals surface area (Å²) in [6.45, 7) is 0.307. The lowest BCUT2D eigenvalue weighted by Gasteiger charge is -2.02. The molecule has 0 fully saturated rings. The number of tetrazole rings is 1.